The van der Waals surface area contributed by atoms with Crippen molar-refractivity contribution in [1.29, 1.82) is 0 Å². The number of aromatic nitrogens is 3. The molecule has 0 radical (unpaired) electrons. The topological polar surface area (TPSA) is 84.3 Å². The second-order valence-electron chi connectivity index (χ2n) is 8.50. The summed E-state index contributed by atoms with van der Waals surface area (Å²) in [7, 11) is 1.49. The van der Waals surface area contributed by atoms with Gasteiger partial charge in [0, 0.05) is 47.6 Å². The zero-order valence-electron chi connectivity index (χ0n) is 20.1. The van der Waals surface area contributed by atoms with Gasteiger partial charge in [0.2, 0.25) is 5.91 Å². The van der Waals surface area contributed by atoms with Gasteiger partial charge >= 0.3 is 0 Å². The number of thiazole rings is 1. The first-order chi connectivity index (χ1) is 17.5. The maximum Gasteiger partial charge on any atom is 0.250 e. The Morgan fingerprint density at radius 3 is 2.64 bits per heavy atom. The van der Waals surface area contributed by atoms with Crippen molar-refractivity contribution in [2.45, 2.75) is 25.9 Å². The van der Waals surface area contributed by atoms with Gasteiger partial charge in [-0.05, 0) is 74.1 Å². The summed E-state index contributed by atoms with van der Waals surface area (Å²) >= 11 is 7.47. The molecule has 0 aliphatic carbocycles. The molecule has 4 heterocycles. The molecule has 0 bridgehead atoms. The highest BCUT2D eigenvalue weighted by Gasteiger charge is 2.42. The summed E-state index contributed by atoms with van der Waals surface area (Å²) < 4.78 is 7.09. The van der Waals surface area contributed by atoms with Crippen LogP contribution in [-0.4, -0.2) is 39.3 Å². The highest BCUT2D eigenvalue weighted by Crippen LogP contribution is 2.44. The molecular formula is C26H26N6O2S2. The summed E-state index contributed by atoms with van der Waals surface area (Å²) in [4.78, 5) is 23.2. The first kappa shape index (κ1) is 24.1. The van der Waals surface area contributed by atoms with Crippen LogP contribution in [0.5, 0.6) is 0 Å². The highest BCUT2D eigenvalue weighted by atomic mass is 32.1. The van der Waals surface area contributed by atoms with Gasteiger partial charge in [0.25, 0.3) is 0 Å². The van der Waals surface area contributed by atoms with Crippen molar-refractivity contribution >= 4 is 45.9 Å². The molecule has 3 aromatic heterocycles. The molecule has 8 nitrogen and oxygen atoms in total. The van der Waals surface area contributed by atoms with Crippen LogP contribution in [0.25, 0.3) is 5.13 Å². The van der Waals surface area contributed by atoms with Crippen molar-refractivity contribution in [3.63, 3.8) is 0 Å². The molecule has 4 aromatic rings. The molecule has 0 unspecified atom stereocenters. The van der Waals surface area contributed by atoms with E-state index in [0.717, 1.165) is 33.5 Å². The summed E-state index contributed by atoms with van der Waals surface area (Å²) in [6.07, 6.45) is 3.62. The molecule has 1 saturated heterocycles. The zero-order valence-corrected chi connectivity index (χ0v) is 21.8. The van der Waals surface area contributed by atoms with Crippen molar-refractivity contribution in [3.05, 3.63) is 88.9 Å². The molecule has 5 rings (SSSR count). The van der Waals surface area contributed by atoms with Crippen molar-refractivity contribution in [2.75, 3.05) is 23.9 Å². The summed E-state index contributed by atoms with van der Waals surface area (Å²) in [6, 6.07) is 15.5. The van der Waals surface area contributed by atoms with E-state index in [0.29, 0.717) is 10.8 Å². The molecule has 1 amide bonds. The Kier molecular flexibility index (Phi) is 6.82. The predicted octanol–water partition coefficient (Wildman–Crippen LogP) is 4.71. The zero-order chi connectivity index (χ0) is 25.2. The number of carbonyl (C=O) groups excluding carboxylic acids is 1. The highest BCUT2D eigenvalue weighted by molar-refractivity contribution is 7.80. The smallest absolute Gasteiger partial charge is 0.250 e. The second-order valence-corrected chi connectivity index (χ2v) is 9.76. The van der Waals surface area contributed by atoms with Gasteiger partial charge in [0.15, 0.2) is 10.2 Å². The molecule has 2 N–H and O–H groups in total. The van der Waals surface area contributed by atoms with E-state index in [1.54, 1.807) is 17.5 Å². The van der Waals surface area contributed by atoms with Crippen molar-refractivity contribution in [1.82, 2.24) is 19.9 Å². The summed E-state index contributed by atoms with van der Waals surface area (Å²) in [5.74, 6) is -0.202. The minimum Gasteiger partial charge on any atom is -0.375 e. The average molecular weight is 519 g/mol. The average Bonchev–Trinajstić information content (AvgIpc) is 3.58. The SMILES string of the molecule is COCC(=O)Nc1ccc(N2C(=S)N[C@@H](c3ccccn3)[C@@H]2c2cc(C)n(-c3nccs3)c2C)cc1. The minimum atomic E-state index is -0.202. The van der Waals surface area contributed by atoms with Gasteiger partial charge in [-0.1, -0.05) is 6.07 Å². The van der Waals surface area contributed by atoms with Crippen LogP contribution >= 0.6 is 23.6 Å². The van der Waals surface area contributed by atoms with E-state index < -0.39 is 0 Å². The lowest BCUT2D eigenvalue weighted by Crippen LogP contribution is -2.29. The summed E-state index contributed by atoms with van der Waals surface area (Å²) in [5.41, 5.74) is 5.87. The third kappa shape index (κ3) is 4.50. The third-order valence-electron chi connectivity index (χ3n) is 6.20. The number of nitrogens with one attached hydrogen (secondary N) is 2. The van der Waals surface area contributed by atoms with Crippen LogP contribution in [0.1, 0.15) is 34.7 Å². The number of benzene rings is 1. The summed E-state index contributed by atoms with van der Waals surface area (Å²) in [6.45, 7) is 4.22. The van der Waals surface area contributed by atoms with E-state index in [4.69, 9.17) is 17.0 Å². The standard InChI is InChI=1S/C26H26N6O2S2/c1-16-14-20(17(2)31(16)26-28-12-13-36-26)24-23(21-6-4-5-11-27-21)30-25(35)32(24)19-9-7-18(8-10-19)29-22(33)15-34-3/h4-14,23-24H,15H2,1-3H3,(H,29,33)(H,30,35)/t23-,24-/m0/s1. The Labute approximate surface area is 219 Å². The number of pyridine rings is 1. The van der Waals surface area contributed by atoms with Gasteiger partial charge in [-0.3, -0.25) is 14.3 Å². The van der Waals surface area contributed by atoms with Crippen LogP contribution in [0.3, 0.4) is 0 Å². The Balaban J connectivity index is 1.57. The number of anilines is 2. The molecule has 0 saturated carbocycles. The number of rotatable bonds is 7. The second kappa shape index (κ2) is 10.2. The monoisotopic (exact) mass is 518 g/mol. The van der Waals surface area contributed by atoms with Crippen LogP contribution in [-0.2, 0) is 9.53 Å². The molecule has 184 valence electrons. The fraction of sp³-hybridized carbons (Fsp3) is 0.231. The number of amides is 1. The minimum absolute atomic E-state index is 0.00439. The van der Waals surface area contributed by atoms with Crippen LogP contribution < -0.4 is 15.5 Å². The van der Waals surface area contributed by atoms with Crippen LogP contribution in [0.4, 0.5) is 11.4 Å². The Morgan fingerprint density at radius 2 is 1.97 bits per heavy atom. The number of hydrogen-bond donors (Lipinski definition) is 2. The van der Waals surface area contributed by atoms with Gasteiger partial charge in [0.05, 0.1) is 17.8 Å². The first-order valence-electron chi connectivity index (χ1n) is 11.5. The molecule has 1 aliphatic heterocycles. The number of nitrogens with zero attached hydrogens (tertiary/aromatic N) is 4. The Bertz CT molecular complexity index is 1370. The Morgan fingerprint density at radius 1 is 1.17 bits per heavy atom. The molecule has 36 heavy (non-hydrogen) atoms. The molecule has 1 aromatic carbocycles. The van der Waals surface area contributed by atoms with Crippen LogP contribution in [0.15, 0.2) is 66.3 Å². The number of carbonyl (C=O) groups is 1. The van der Waals surface area contributed by atoms with E-state index in [2.05, 4.69) is 50.0 Å². The van der Waals surface area contributed by atoms with Crippen molar-refractivity contribution in [2.24, 2.45) is 0 Å². The lowest BCUT2D eigenvalue weighted by Gasteiger charge is -2.28. The van der Waals surface area contributed by atoms with Gasteiger partial charge in [-0.15, -0.1) is 11.3 Å². The van der Waals surface area contributed by atoms with Crippen molar-refractivity contribution in [3.8, 4) is 5.13 Å². The van der Waals surface area contributed by atoms with E-state index in [1.165, 1.54) is 7.11 Å². The maximum atomic E-state index is 11.9. The summed E-state index contributed by atoms with van der Waals surface area (Å²) in [5, 5.41) is 9.87. The molecule has 1 fully saturated rings. The fourth-order valence-electron chi connectivity index (χ4n) is 4.69. The molecule has 0 spiro atoms. The molecule has 1 aliphatic rings. The van der Waals surface area contributed by atoms with Crippen LogP contribution in [0.2, 0.25) is 0 Å². The predicted molar refractivity (Wildman–Crippen MR) is 146 cm³/mol. The van der Waals surface area contributed by atoms with E-state index in [9.17, 15) is 4.79 Å². The van der Waals surface area contributed by atoms with Crippen molar-refractivity contribution < 1.29 is 9.53 Å². The molecule has 2 atom stereocenters. The number of aryl methyl sites for hydroxylation is 1. The van der Waals surface area contributed by atoms with Crippen LogP contribution in [0, 0.1) is 13.8 Å². The van der Waals surface area contributed by atoms with Gasteiger partial charge in [0.1, 0.15) is 6.61 Å². The lowest BCUT2D eigenvalue weighted by molar-refractivity contribution is -0.119. The number of thiocarbonyl (C=S) groups is 1. The first-order valence-corrected chi connectivity index (χ1v) is 12.7. The van der Waals surface area contributed by atoms with Gasteiger partial charge in [-0.2, -0.15) is 0 Å². The fourth-order valence-corrected chi connectivity index (χ4v) is 5.79. The van der Waals surface area contributed by atoms with E-state index in [-0.39, 0.29) is 24.6 Å². The maximum absolute atomic E-state index is 11.9. The normalized spacial score (nSPS) is 17.3. The number of hydrogen-bond acceptors (Lipinski definition) is 6. The third-order valence-corrected chi connectivity index (χ3v) is 7.27. The largest absolute Gasteiger partial charge is 0.375 e. The van der Waals surface area contributed by atoms with Gasteiger partial charge < -0.3 is 20.3 Å². The van der Waals surface area contributed by atoms with E-state index >= 15 is 0 Å². The van der Waals surface area contributed by atoms with Gasteiger partial charge in [-0.25, -0.2) is 4.98 Å². The Hall–Kier alpha value is -3.60. The van der Waals surface area contributed by atoms with E-state index in [1.807, 2.05) is 54.0 Å². The number of ether oxygens (including phenoxy) is 1. The lowest BCUT2D eigenvalue weighted by atomic mass is 9.96. The molecular weight excluding hydrogens is 492 g/mol. The number of methoxy groups -OCH3 is 1. The quantitative estimate of drug-likeness (QED) is 0.343. The molecule has 10 heteroatoms.